The second kappa shape index (κ2) is 9.76. The minimum Gasteiger partial charge on any atom is -0.423 e. The number of rotatable bonds is 7. The third-order valence-electron chi connectivity index (χ3n) is 4.81. The summed E-state index contributed by atoms with van der Waals surface area (Å²) >= 11 is 6.26. The Bertz CT molecular complexity index is 1170. The Morgan fingerprint density at radius 2 is 1.71 bits per heavy atom. The molecule has 31 heavy (non-hydrogen) atoms. The van der Waals surface area contributed by atoms with Crippen molar-refractivity contribution in [3.8, 4) is 0 Å². The summed E-state index contributed by atoms with van der Waals surface area (Å²) in [5.41, 5.74) is 2.90. The monoisotopic (exact) mass is 441 g/mol. The number of carbonyl (C=O) groups is 2. The van der Waals surface area contributed by atoms with Crippen LogP contribution in [0, 0.1) is 6.92 Å². The van der Waals surface area contributed by atoms with E-state index in [1.165, 1.54) is 13.0 Å². The normalized spacial score (nSPS) is 11.0. The van der Waals surface area contributed by atoms with Gasteiger partial charge in [0.1, 0.15) is 5.58 Å². The van der Waals surface area contributed by atoms with E-state index in [1.54, 1.807) is 36.4 Å². The van der Waals surface area contributed by atoms with E-state index in [1.807, 2.05) is 18.7 Å². The molecule has 0 aliphatic heterocycles. The number of amides is 2. The Morgan fingerprint density at radius 3 is 2.32 bits per heavy atom. The lowest BCUT2D eigenvalue weighted by Crippen LogP contribution is -2.33. The van der Waals surface area contributed by atoms with Gasteiger partial charge in [0.05, 0.1) is 6.54 Å². The highest BCUT2D eigenvalue weighted by atomic mass is 35.5. The number of fused-ring (bicyclic) bond motifs is 1. The van der Waals surface area contributed by atoms with Crippen molar-refractivity contribution in [1.82, 2.24) is 4.90 Å². The third-order valence-corrected chi connectivity index (χ3v) is 5.21. The van der Waals surface area contributed by atoms with E-state index in [2.05, 4.69) is 10.6 Å². The van der Waals surface area contributed by atoms with E-state index in [0.717, 1.165) is 16.5 Å². The molecule has 0 fully saturated rings. The molecule has 0 unspecified atom stereocenters. The Labute approximate surface area is 185 Å². The first-order valence-electron chi connectivity index (χ1n) is 9.88. The van der Waals surface area contributed by atoms with Crippen LogP contribution < -0.4 is 16.3 Å². The summed E-state index contributed by atoms with van der Waals surface area (Å²) in [7, 11) is 0. The van der Waals surface area contributed by atoms with E-state index in [4.69, 9.17) is 16.0 Å². The largest absolute Gasteiger partial charge is 0.423 e. The maximum atomic E-state index is 12.5. The van der Waals surface area contributed by atoms with Gasteiger partial charge in [-0.15, -0.1) is 0 Å². The number of nitrogens with zero attached hydrogens (tertiary/aromatic N) is 1. The van der Waals surface area contributed by atoms with E-state index in [9.17, 15) is 14.4 Å². The Hall–Kier alpha value is -3.16. The zero-order valence-electron chi connectivity index (χ0n) is 17.6. The lowest BCUT2D eigenvalue weighted by Gasteiger charge is -2.20. The lowest BCUT2D eigenvalue weighted by molar-refractivity contribution is -0.117. The molecule has 0 saturated carbocycles. The van der Waals surface area contributed by atoms with Crippen LogP contribution in [-0.2, 0) is 16.1 Å². The van der Waals surface area contributed by atoms with Gasteiger partial charge in [-0.1, -0.05) is 18.5 Å². The van der Waals surface area contributed by atoms with Gasteiger partial charge in [0, 0.05) is 41.3 Å². The molecular formula is C23H24ClN3O4. The molecule has 0 bridgehead atoms. The molecule has 2 N–H and O–H groups in total. The van der Waals surface area contributed by atoms with Gasteiger partial charge in [-0.05, 0) is 61.0 Å². The van der Waals surface area contributed by atoms with E-state index >= 15 is 0 Å². The first kappa shape index (κ1) is 22.5. The molecule has 0 radical (unpaired) electrons. The molecule has 0 aliphatic rings. The van der Waals surface area contributed by atoms with Gasteiger partial charge in [0.25, 0.3) is 0 Å². The summed E-state index contributed by atoms with van der Waals surface area (Å²) in [5.74, 6) is -0.343. The Kier molecular flexibility index (Phi) is 7.09. The van der Waals surface area contributed by atoms with Gasteiger partial charge in [0.2, 0.25) is 11.8 Å². The van der Waals surface area contributed by atoms with Gasteiger partial charge >= 0.3 is 5.63 Å². The minimum atomic E-state index is -0.441. The predicted octanol–water partition coefficient (Wildman–Crippen LogP) is 4.17. The highest BCUT2D eigenvalue weighted by Gasteiger charge is 2.14. The topological polar surface area (TPSA) is 91.7 Å². The van der Waals surface area contributed by atoms with Crippen molar-refractivity contribution in [2.24, 2.45) is 0 Å². The molecule has 8 heteroatoms. The van der Waals surface area contributed by atoms with Gasteiger partial charge in [-0.3, -0.25) is 14.5 Å². The molecule has 3 rings (SSSR count). The lowest BCUT2D eigenvalue weighted by atomic mass is 10.1. The molecule has 2 aromatic carbocycles. The van der Waals surface area contributed by atoms with Crippen LogP contribution in [0.4, 0.5) is 11.4 Å². The van der Waals surface area contributed by atoms with Crippen LogP contribution in [0.2, 0.25) is 5.02 Å². The second-order valence-corrected chi connectivity index (χ2v) is 7.71. The van der Waals surface area contributed by atoms with Crippen molar-refractivity contribution in [2.75, 3.05) is 23.7 Å². The maximum Gasteiger partial charge on any atom is 0.336 e. The van der Waals surface area contributed by atoms with Gasteiger partial charge in [-0.25, -0.2) is 4.79 Å². The summed E-state index contributed by atoms with van der Waals surface area (Å²) < 4.78 is 5.31. The van der Waals surface area contributed by atoms with E-state index in [0.29, 0.717) is 35.1 Å². The molecule has 0 atom stereocenters. The van der Waals surface area contributed by atoms with Crippen LogP contribution >= 0.6 is 11.6 Å². The maximum absolute atomic E-state index is 12.5. The van der Waals surface area contributed by atoms with E-state index < -0.39 is 5.63 Å². The fourth-order valence-electron chi connectivity index (χ4n) is 3.24. The fraction of sp³-hybridized carbons (Fsp3) is 0.261. The average molecular weight is 442 g/mol. The number of nitrogens with one attached hydrogen (secondary N) is 2. The van der Waals surface area contributed by atoms with Crippen LogP contribution in [0.3, 0.4) is 0 Å². The SMILES string of the molecule is CCN(CC(=O)Nc1ccc(NC(C)=O)cc1)Cc1cc(=O)oc2cc(C)c(Cl)cc12. The Morgan fingerprint density at radius 1 is 1.06 bits per heavy atom. The second-order valence-electron chi connectivity index (χ2n) is 7.30. The first-order valence-corrected chi connectivity index (χ1v) is 10.3. The summed E-state index contributed by atoms with van der Waals surface area (Å²) in [5, 5.41) is 6.86. The number of halogens is 1. The predicted molar refractivity (Wildman–Crippen MR) is 123 cm³/mol. The quantitative estimate of drug-likeness (QED) is 0.537. The summed E-state index contributed by atoms with van der Waals surface area (Å²) in [6.45, 7) is 6.37. The van der Waals surface area contributed by atoms with Crippen LogP contribution in [0.1, 0.15) is 25.0 Å². The minimum absolute atomic E-state index is 0.144. The van der Waals surface area contributed by atoms with Crippen molar-refractivity contribution in [3.05, 3.63) is 69.0 Å². The molecule has 1 aromatic heterocycles. The van der Waals surface area contributed by atoms with Crippen LogP contribution in [-0.4, -0.2) is 29.8 Å². The molecule has 3 aromatic rings. The number of carbonyl (C=O) groups excluding carboxylic acids is 2. The smallest absolute Gasteiger partial charge is 0.336 e. The first-order chi connectivity index (χ1) is 14.7. The van der Waals surface area contributed by atoms with Crippen molar-refractivity contribution in [2.45, 2.75) is 27.3 Å². The molecule has 0 aliphatic carbocycles. The molecule has 7 nitrogen and oxygen atoms in total. The molecule has 0 spiro atoms. The number of likely N-dealkylation sites (N-methyl/N-ethyl adjacent to an activating group) is 1. The van der Waals surface area contributed by atoms with Gasteiger partial charge < -0.3 is 15.1 Å². The van der Waals surface area contributed by atoms with Crippen molar-refractivity contribution in [3.63, 3.8) is 0 Å². The molecule has 0 saturated heterocycles. The van der Waals surface area contributed by atoms with Crippen LogP contribution in [0.25, 0.3) is 11.0 Å². The zero-order valence-corrected chi connectivity index (χ0v) is 18.4. The van der Waals surface area contributed by atoms with Crippen LogP contribution in [0.5, 0.6) is 0 Å². The molecule has 2 amide bonds. The molecular weight excluding hydrogens is 418 g/mol. The van der Waals surface area contributed by atoms with Crippen molar-refractivity contribution < 1.29 is 14.0 Å². The number of hydrogen-bond acceptors (Lipinski definition) is 5. The molecule has 162 valence electrons. The number of anilines is 2. The third kappa shape index (κ3) is 5.93. The standard InChI is InChI=1S/C23H24ClN3O4/c1-4-27(13-22(29)26-18-7-5-17(6-8-18)25-15(3)28)12-16-10-23(30)31-21-9-14(2)20(24)11-19(16)21/h5-11H,4,12-13H2,1-3H3,(H,25,28)(H,26,29). The summed E-state index contributed by atoms with van der Waals surface area (Å²) in [6, 6.07) is 11.9. The summed E-state index contributed by atoms with van der Waals surface area (Å²) in [4.78, 5) is 37.6. The highest BCUT2D eigenvalue weighted by molar-refractivity contribution is 6.32. The van der Waals surface area contributed by atoms with Crippen molar-refractivity contribution in [1.29, 1.82) is 0 Å². The molecule has 1 heterocycles. The van der Waals surface area contributed by atoms with Crippen molar-refractivity contribution >= 4 is 45.8 Å². The summed E-state index contributed by atoms with van der Waals surface area (Å²) in [6.07, 6.45) is 0. The number of aryl methyl sites for hydroxylation is 1. The Balaban J connectivity index is 1.72. The number of benzene rings is 2. The fourth-order valence-corrected chi connectivity index (χ4v) is 3.41. The van der Waals surface area contributed by atoms with E-state index in [-0.39, 0.29) is 18.4 Å². The zero-order chi connectivity index (χ0) is 22.5. The van der Waals surface area contributed by atoms with Gasteiger partial charge in [0.15, 0.2) is 0 Å². The highest BCUT2D eigenvalue weighted by Crippen LogP contribution is 2.26. The average Bonchev–Trinajstić information content (AvgIpc) is 2.70. The number of hydrogen-bond donors (Lipinski definition) is 2. The van der Waals surface area contributed by atoms with Crippen LogP contribution in [0.15, 0.2) is 51.7 Å². The van der Waals surface area contributed by atoms with Gasteiger partial charge in [-0.2, -0.15) is 0 Å².